The number of nitrogens with zero attached hydrogens (tertiary/aromatic N) is 1. The normalized spacial score (nSPS) is 11.4. The van der Waals surface area contributed by atoms with Crippen LogP contribution in [0.4, 0.5) is 8.78 Å². The summed E-state index contributed by atoms with van der Waals surface area (Å²) in [6, 6.07) is 14.6. The lowest BCUT2D eigenvalue weighted by Gasteiger charge is -2.17. The van der Waals surface area contributed by atoms with Crippen LogP contribution in [0.3, 0.4) is 0 Å². The Kier molecular flexibility index (Phi) is 5.96. The number of benzene rings is 4. The number of carbonyl (C=O) groups is 1. The van der Waals surface area contributed by atoms with Crippen LogP contribution >= 0.6 is 11.6 Å². The minimum atomic E-state index is -4.24. The van der Waals surface area contributed by atoms with Crippen LogP contribution in [0.2, 0.25) is 5.02 Å². The smallest absolute Gasteiger partial charge is 0.238 e. The monoisotopic (exact) mass is 496 g/mol. The highest BCUT2D eigenvalue weighted by atomic mass is 35.5. The van der Waals surface area contributed by atoms with Crippen LogP contribution in [0, 0.1) is 29.9 Å². The molecule has 5 nitrogen and oxygen atoms in total. The molecule has 4 rings (SSSR count). The molecular formula is C25H15ClF2N2O3S. The van der Waals surface area contributed by atoms with E-state index in [9.17, 15) is 27.3 Å². The van der Waals surface area contributed by atoms with Gasteiger partial charge in [0.2, 0.25) is 10.0 Å². The van der Waals surface area contributed by atoms with Gasteiger partial charge in [-0.1, -0.05) is 35.4 Å². The first-order valence-corrected chi connectivity index (χ1v) is 11.7. The first-order chi connectivity index (χ1) is 16.0. The number of aryl methyl sites for hydroxylation is 1. The van der Waals surface area contributed by atoms with E-state index < -0.39 is 27.4 Å². The third kappa shape index (κ3) is 4.17. The van der Waals surface area contributed by atoms with E-state index in [1.54, 1.807) is 6.92 Å². The molecule has 4 aromatic carbocycles. The van der Waals surface area contributed by atoms with Gasteiger partial charge in [-0.25, -0.2) is 22.3 Å². The summed E-state index contributed by atoms with van der Waals surface area (Å²) in [5.74, 6) is -2.20. The SMILES string of the molecule is Cc1ccc(S(N)(=O)=O)c(-c2cc3ccc(F)cc3c(C#N)c2C(=O)c2cc(F)ccc2Cl)c1. The molecule has 0 saturated heterocycles. The second-order valence-electron chi connectivity index (χ2n) is 7.65. The number of rotatable bonds is 4. The molecule has 0 saturated carbocycles. The number of nitriles is 1. The standard InChI is InChI=1S/C25H15ClF2N2O3S/c1-13-2-7-23(34(30,32)33)18(8-13)19-9-14-3-4-15(27)10-17(14)21(12-29)24(19)25(31)20-11-16(28)5-6-22(20)26/h2-11H,1H3,(H2,30,32,33). The highest BCUT2D eigenvalue weighted by Gasteiger charge is 2.27. The van der Waals surface area contributed by atoms with Crippen molar-refractivity contribution < 1.29 is 22.0 Å². The summed E-state index contributed by atoms with van der Waals surface area (Å²) in [7, 11) is -4.24. The lowest BCUT2D eigenvalue weighted by molar-refractivity contribution is 0.103. The van der Waals surface area contributed by atoms with E-state index >= 15 is 0 Å². The van der Waals surface area contributed by atoms with Crippen molar-refractivity contribution >= 4 is 38.2 Å². The average Bonchev–Trinajstić information content (AvgIpc) is 2.78. The Morgan fingerprint density at radius 1 is 0.971 bits per heavy atom. The predicted molar refractivity (Wildman–Crippen MR) is 125 cm³/mol. The number of nitrogens with two attached hydrogens (primary N) is 1. The van der Waals surface area contributed by atoms with E-state index in [2.05, 4.69) is 0 Å². The molecule has 0 amide bonds. The number of primary sulfonamides is 1. The van der Waals surface area contributed by atoms with Crippen molar-refractivity contribution in [1.82, 2.24) is 0 Å². The molecule has 0 unspecified atom stereocenters. The molecule has 2 N–H and O–H groups in total. The van der Waals surface area contributed by atoms with Gasteiger partial charge in [0.25, 0.3) is 0 Å². The molecule has 0 spiro atoms. The van der Waals surface area contributed by atoms with Gasteiger partial charge in [0, 0.05) is 22.1 Å². The first kappa shape index (κ1) is 23.5. The summed E-state index contributed by atoms with van der Waals surface area (Å²) >= 11 is 6.16. The van der Waals surface area contributed by atoms with Crippen molar-refractivity contribution in [2.75, 3.05) is 0 Å². The third-order valence-electron chi connectivity index (χ3n) is 5.35. The Morgan fingerprint density at radius 3 is 2.32 bits per heavy atom. The molecule has 4 aromatic rings. The molecule has 0 aliphatic rings. The maximum absolute atomic E-state index is 14.1. The molecule has 0 aromatic heterocycles. The lowest BCUT2D eigenvalue weighted by Crippen LogP contribution is -2.15. The molecule has 0 heterocycles. The Morgan fingerprint density at radius 2 is 1.65 bits per heavy atom. The Hall–Kier alpha value is -3.64. The van der Waals surface area contributed by atoms with Crippen molar-refractivity contribution in [1.29, 1.82) is 5.26 Å². The van der Waals surface area contributed by atoms with Crippen LogP contribution < -0.4 is 5.14 Å². The summed E-state index contributed by atoms with van der Waals surface area (Å²) in [6.07, 6.45) is 0. The largest absolute Gasteiger partial charge is 0.288 e. The Bertz CT molecular complexity index is 1660. The maximum atomic E-state index is 14.1. The Labute approximate surface area is 199 Å². The molecule has 170 valence electrons. The van der Waals surface area contributed by atoms with Crippen molar-refractivity contribution in [3.8, 4) is 17.2 Å². The molecule has 0 aliphatic heterocycles. The van der Waals surface area contributed by atoms with Gasteiger partial charge in [0.15, 0.2) is 5.78 Å². The fourth-order valence-electron chi connectivity index (χ4n) is 3.84. The predicted octanol–water partition coefficient (Wildman–Crippen LogP) is 5.50. The number of halogens is 3. The number of ketones is 1. The second-order valence-corrected chi connectivity index (χ2v) is 9.59. The Balaban J connectivity index is 2.21. The summed E-state index contributed by atoms with van der Waals surface area (Å²) in [6.45, 7) is 1.71. The third-order valence-corrected chi connectivity index (χ3v) is 6.65. The molecule has 0 atom stereocenters. The van der Waals surface area contributed by atoms with Gasteiger partial charge >= 0.3 is 0 Å². The zero-order valence-electron chi connectivity index (χ0n) is 17.6. The lowest BCUT2D eigenvalue weighted by atomic mass is 9.86. The number of fused-ring (bicyclic) bond motifs is 1. The fraction of sp³-hybridized carbons (Fsp3) is 0.0400. The van der Waals surface area contributed by atoms with E-state index in [4.69, 9.17) is 16.7 Å². The average molecular weight is 497 g/mol. The molecule has 0 radical (unpaired) electrons. The quantitative estimate of drug-likeness (QED) is 0.377. The van der Waals surface area contributed by atoms with Crippen LogP contribution in [0.5, 0.6) is 0 Å². The molecule has 34 heavy (non-hydrogen) atoms. The first-order valence-electron chi connectivity index (χ1n) is 9.81. The summed E-state index contributed by atoms with van der Waals surface area (Å²) in [5, 5.41) is 15.9. The highest BCUT2D eigenvalue weighted by molar-refractivity contribution is 7.89. The van der Waals surface area contributed by atoms with E-state index in [1.165, 1.54) is 42.5 Å². The van der Waals surface area contributed by atoms with E-state index in [0.717, 1.165) is 18.2 Å². The van der Waals surface area contributed by atoms with E-state index in [-0.39, 0.29) is 43.1 Å². The minimum Gasteiger partial charge on any atom is -0.288 e. The van der Waals surface area contributed by atoms with Gasteiger partial charge in [-0.3, -0.25) is 4.79 Å². The zero-order valence-corrected chi connectivity index (χ0v) is 19.1. The van der Waals surface area contributed by atoms with Crippen molar-refractivity contribution in [3.63, 3.8) is 0 Å². The molecule has 0 fully saturated rings. The van der Waals surface area contributed by atoms with Crippen molar-refractivity contribution in [2.24, 2.45) is 5.14 Å². The van der Waals surface area contributed by atoms with Crippen LogP contribution in [0.1, 0.15) is 27.0 Å². The van der Waals surface area contributed by atoms with Crippen LogP contribution in [-0.2, 0) is 10.0 Å². The minimum absolute atomic E-state index is 0.0636. The molecule has 9 heteroatoms. The summed E-state index contributed by atoms with van der Waals surface area (Å²) in [4.78, 5) is 13.4. The van der Waals surface area contributed by atoms with Crippen molar-refractivity contribution in [3.05, 3.63) is 99.6 Å². The van der Waals surface area contributed by atoms with Gasteiger partial charge in [-0.15, -0.1) is 0 Å². The van der Waals surface area contributed by atoms with Gasteiger partial charge in [0.1, 0.15) is 17.7 Å². The van der Waals surface area contributed by atoms with E-state index in [1.807, 2.05) is 6.07 Å². The zero-order chi connectivity index (χ0) is 24.8. The van der Waals surface area contributed by atoms with Gasteiger partial charge in [-0.2, -0.15) is 5.26 Å². The van der Waals surface area contributed by atoms with E-state index in [0.29, 0.717) is 10.9 Å². The van der Waals surface area contributed by atoms with Crippen molar-refractivity contribution in [2.45, 2.75) is 11.8 Å². The van der Waals surface area contributed by atoms with Crippen LogP contribution in [-0.4, -0.2) is 14.2 Å². The summed E-state index contributed by atoms with van der Waals surface area (Å²) < 4.78 is 52.8. The molecule has 0 aliphatic carbocycles. The number of hydrogen-bond donors (Lipinski definition) is 1. The maximum Gasteiger partial charge on any atom is 0.238 e. The molecule has 0 bridgehead atoms. The number of carbonyl (C=O) groups excluding carboxylic acids is 1. The topological polar surface area (TPSA) is 101 Å². The van der Waals surface area contributed by atoms with Crippen LogP contribution in [0.15, 0.2) is 65.6 Å². The number of sulfonamides is 1. The number of hydrogen-bond acceptors (Lipinski definition) is 4. The van der Waals surface area contributed by atoms with Crippen LogP contribution in [0.25, 0.3) is 21.9 Å². The van der Waals surface area contributed by atoms with Gasteiger partial charge in [0.05, 0.1) is 15.5 Å². The fourth-order valence-corrected chi connectivity index (χ4v) is 4.78. The highest BCUT2D eigenvalue weighted by Crippen LogP contribution is 2.38. The molecular weight excluding hydrogens is 482 g/mol. The second kappa shape index (κ2) is 8.61. The summed E-state index contributed by atoms with van der Waals surface area (Å²) in [5.41, 5.74) is 0.0971. The van der Waals surface area contributed by atoms with Gasteiger partial charge < -0.3 is 0 Å². The van der Waals surface area contributed by atoms with Gasteiger partial charge in [-0.05, 0) is 60.3 Å².